The zero-order valence-corrected chi connectivity index (χ0v) is 15.9. The molecule has 0 bridgehead atoms. The average molecular weight is 385 g/mol. The molecule has 25 heavy (non-hydrogen) atoms. The molecule has 9 heteroatoms. The first-order valence-electron chi connectivity index (χ1n) is 7.16. The maximum absolute atomic E-state index is 12.7. The fourth-order valence-electron chi connectivity index (χ4n) is 2.52. The number of sulfonamides is 1. The highest BCUT2D eigenvalue weighted by atomic mass is 32.2. The highest BCUT2D eigenvalue weighted by Gasteiger charge is 2.25. The summed E-state index contributed by atoms with van der Waals surface area (Å²) >= 11 is 1.04. The molecular formula is C16H19NO6S2. The van der Waals surface area contributed by atoms with Crippen LogP contribution in [0.2, 0.25) is 0 Å². The summed E-state index contributed by atoms with van der Waals surface area (Å²) in [6.45, 7) is 1.81. The number of rotatable bonds is 7. The monoisotopic (exact) mass is 385 g/mol. The Morgan fingerprint density at radius 1 is 1.16 bits per heavy atom. The molecule has 7 nitrogen and oxygen atoms in total. The number of hydrogen-bond acceptors (Lipinski definition) is 7. The molecule has 1 aromatic carbocycles. The average Bonchev–Trinajstić information content (AvgIpc) is 3.05. The second-order valence-electron chi connectivity index (χ2n) is 5.20. The Morgan fingerprint density at radius 3 is 2.32 bits per heavy atom. The molecule has 2 aromatic rings. The van der Waals surface area contributed by atoms with Gasteiger partial charge in [-0.3, -0.25) is 4.79 Å². The topological polar surface area (TPSA) is 105 Å². The van der Waals surface area contributed by atoms with Crippen molar-refractivity contribution in [3.05, 3.63) is 33.5 Å². The number of thiophene rings is 1. The van der Waals surface area contributed by atoms with E-state index in [1.54, 1.807) is 6.07 Å². The summed E-state index contributed by atoms with van der Waals surface area (Å²) in [6, 6.07) is 3.06. The molecule has 2 N–H and O–H groups in total. The van der Waals surface area contributed by atoms with Crippen LogP contribution in [0.5, 0.6) is 17.2 Å². The molecular weight excluding hydrogens is 366 g/mol. The van der Waals surface area contributed by atoms with Gasteiger partial charge in [0.15, 0.2) is 17.3 Å². The van der Waals surface area contributed by atoms with Crippen LogP contribution in [0.1, 0.15) is 20.8 Å². The van der Waals surface area contributed by atoms with Crippen LogP contribution in [0.15, 0.2) is 22.4 Å². The Balaban J connectivity index is 2.51. The van der Waals surface area contributed by atoms with Crippen molar-refractivity contribution in [3.63, 3.8) is 0 Å². The zero-order valence-electron chi connectivity index (χ0n) is 14.3. The van der Waals surface area contributed by atoms with Gasteiger partial charge in [-0.25, -0.2) is 13.6 Å². The van der Waals surface area contributed by atoms with Crippen LogP contribution in [0.25, 0.3) is 0 Å². The number of Topliss-reactive ketones (excluding diaryl/α,β-unsaturated/α-hetero) is 1. The van der Waals surface area contributed by atoms with E-state index in [0.717, 1.165) is 16.9 Å². The van der Waals surface area contributed by atoms with Gasteiger partial charge in [0.05, 0.1) is 26.2 Å². The molecule has 1 aromatic heterocycles. The first-order valence-corrected chi connectivity index (χ1v) is 9.59. The Kier molecular flexibility index (Phi) is 5.71. The lowest BCUT2D eigenvalue weighted by atomic mass is 10.00. The van der Waals surface area contributed by atoms with E-state index in [-0.39, 0.29) is 22.0 Å². The molecule has 0 saturated carbocycles. The Labute approximate surface area is 150 Å². The standard InChI is InChI=1S/C16H19NO6S2/c1-9-7-12(21-2)15(23-4)14(22-3)10(9)8-11(18)16-13(5-6-24-16)25(17,19)20/h5-7H,8H2,1-4H3,(H2,17,19,20). The van der Waals surface area contributed by atoms with E-state index in [1.807, 2.05) is 6.92 Å². The summed E-state index contributed by atoms with van der Waals surface area (Å²) in [6.07, 6.45) is -0.0571. The summed E-state index contributed by atoms with van der Waals surface area (Å²) in [5, 5.41) is 6.69. The van der Waals surface area contributed by atoms with Crippen LogP contribution in [0.3, 0.4) is 0 Å². The van der Waals surface area contributed by atoms with Gasteiger partial charge >= 0.3 is 0 Å². The lowest BCUT2D eigenvalue weighted by molar-refractivity contribution is 0.0992. The van der Waals surface area contributed by atoms with Crippen molar-refractivity contribution in [1.29, 1.82) is 0 Å². The summed E-state index contributed by atoms with van der Waals surface area (Å²) in [7, 11) is 0.478. The number of hydrogen-bond donors (Lipinski definition) is 1. The van der Waals surface area contributed by atoms with Crippen LogP contribution >= 0.6 is 11.3 Å². The lowest BCUT2D eigenvalue weighted by Gasteiger charge is -2.18. The van der Waals surface area contributed by atoms with Crippen LogP contribution < -0.4 is 19.3 Å². The molecule has 0 radical (unpaired) electrons. The molecule has 0 fully saturated rings. The van der Waals surface area contributed by atoms with Crippen molar-refractivity contribution in [2.24, 2.45) is 5.14 Å². The van der Waals surface area contributed by atoms with Gasteiger partial charge in [0.25, 0.3) is 0 Å². The van der Waals surface area contributed by atoms with E-state index < -0.39 is 10.0 Å². The maximum Gasteiger partial charge on any atom is 0.239 e. The van der Waals surface area contributed by atoms with Gasteiger partial charge in [-0.15, -0.1) is 11.3 Å². The van der Waals surface area contributed by atoms with Crippen molar-refractivity contribution >= 4 is 27.1 Å². The fourth-order valence-corrected chi connectivity index (χ4v) is 4.46. The van der Waals surface area contributed by atoms with E-state index >= 15 is 0 Å². The third-order valence-electron chi connectivity index (χ3n) is 3.68. The third-order valence-corrected chi connectivity index (χ3v) is 5.72. The zero-order chi connectivity index (χ0) is 18.8. The number of aryl methyl sites for hydroxylation is 1. The van der Waals surface area contributed by atoms with Crippen LogP contribution in [-0.2, 0) is 16.4 Å². The molecule has 0 aliphatic rings. The van der Waals surface area contributed by atoms with Crippen LogP contribution in [0.4, 0.5) is 0 Å². The maximum atomic E-state index is 12.7. The van der Waals surface area contributed by atoms with Crippen molar-refractivity contribution in [1.82, 2.24) is 0 Å². The molecule has 1 heterocycles. The van der Waals surface area contributed by atoms with Crippen LogP contribution in [0, 0.1) is 6.92 Å². The van der Waals surface area contributed by atoms with Gasteiger partial charge in [0.1, 0.15) is 4.90 Å². The normalized spacial score (nSPS) is 11.2. The first kappa shape index (κ1) is 19.2. The number of ether oxygens (including phenoxy) is 3. The Bertz CT molecular complexity index is 902. The first-order chi connectivity index (χ1) is 11.7. The van der Waals surface area contributed by atoms with Crippen molar-refractivity contribution in [2.75, 3.05) is 21.3 Å². The largest absolute Gasteiger partial charge is 0.493 e. The molecule has 0 amide bonds. The quantitative estimate of drug-likeness (QED) is 0.732. The molecule has 0 aliphatic heterocycles. The highest BCUT2D eigenvalue weighted by Crippen LogP contribution is 2.42. The smallest absolute Gasteiger partial charge is 0.239 e. The van der Waals surface area contributed by atoms with Gasteiger partial charge in [-0.2, -0.15) is 0 Å². The number of nitrogens with two attached hydrogens (primary N) is 1. The number of ketones is 1. The lowest BCUT2D eigenvalue weighted by Crippen LogP contribution is -2.16. The second kappa shape index (κ2) is 7.42. The summed E-state index contributed by atoms with van der Waals surface area (Å²) < 4.78 is 39.2. The van der Waals surface area contributed by atoms with Crippen molar-refractivity contribution < 1.29 is 27.4 Å². The minimum absolute atomic E-state index is 0.0571. The van der Waals surface area contributed by atoms with E-state index in [4.69, 9.17) is 19.3 Å². The number of benzene rings is 1. The number of primary sulfonamides is 1. The molecule has 0 atom stereocenters. The number of carbonyl (C=O) groups is 1. The SMILES string of the molecule is COc1cc(C)c(CC(=O)c2sccc2S(N)(=O)=O)c(OC)c1OC. The fraction of sp³-hybridized carbons (Fsp3) is 0.312. The molecule has 0 saturated heterocycles. The third kappa shape index (κ3) is 3.78. The minimum Gasteiger partial charge on any atom is -0.493 e. The van der Waals surface area contributed by atoms with Gasteiger partial charge in [0, 0.05) is 12.0 Å². The van der Waals surface area contributed by atoms with E-state index in [9.17, 15) is 13.2 Å². The summed E-state index contributed by atoms with van der Waals surface area (Å²) in [5.74, 6) is 0.861. The molecule has 136 valence electrons. The molecule has 0 unspecified atom stereocenters. The summed E-state index contributed by atoms with van der Waals surface area (Å²) in [5.41, 5.74) is 1.36. The van der Waals surface area contributed by atoms with E-state index in [1.165, 1.54) is 32.8 Å². The molecule has 0 aliphatic carbocycles. The Morgan fingerprint density at radius 2 is 1.80 bits per heavy atom. The van der Waals surface area contributed by atoms with E-state index in [2.05, 4.69) is 0 Å². The number of methoxy groups -OCH3 is 3. The summed E-state index contributed by atoms with van der Waals surface area (Å²) in [4.78, 5) is 12.6. The van der Waals surface area contributed by atoms with Crippen molar-refractivity contribution in [3.8, 4) is 17.2 Å². The second-order valence-corrected chi connectivity index (χ2v) is 7.65. The van der Waals surface area contributed by atoms with Gasteiger partial charge in [0.2, 0.25) is 15.8 Å². The predicted octanol–water partition coefficient (Wildman–Crippen LogP) is 2.16. The highest BCUT2D eigenvalue weighted by molar-refractivity contribution is 7.89. The minimum atomic E-state index is -3.96. The number of carbonyl (C=O) groups excluding carboxylic acids is 1. The Hall–Kier alpha value is -2.10. The van der Waals surface area contributed by atoms with E-state index in [0.29, 0.717) is 22.8 Å². The predicted molar refractivity (Wildman–Crippen MR) is 94.6 cm³/mol. The van der Waals surface area contributed by atoms with Crippen molar-refractivity contribution in [2.45, 2.75) is 18.2 Å². The molecule has 2 rings (SSSR count). The molecule has 0 spiro atoms. The van der Waals surface area contributed by atoms with Crippen LogP contribution in [-0.4, -0.2) is 35.5 Å². The van der Waals surface area contributed by atoms with Gasteiger partial charge < -0.3 is 14.2 Å². The van der Waals surface area contributed by atoms with Gasteiger partial charge in [-0.1, -0.05) is 0 Å². The van der Waals surface area contributed by atoms with Gasteiger partial charge in [-0.05, 0) is 30.0 Å².